The molecule has 2 aromatic rings. The molecule has 2 aromatic carbocycles. The fraction of sp³-hybridized carbons (Fsp3) is 0.464. The average Bonchev–Trinajstić information content (AvgIpc) is 2.86. The molecule has 214 valence electrons. The summed E-state index contributed by atoms with van der Waals surface area (Å²) in [5.74, 6) is -0.424. The summed E-state index contributed by atoms with van der Waals surface area (Å²) in [4.78, 5) is 36.9. The second-order valence-electron chi connectivity index (χ2n) is 9.71. The van der Waals surface area contributed by atoms with Gasteiger partial charge < -0.3 is 30.0 Å². The van der Waals surface area contributed by atoms with E-state index in [1.165, 1.54) is 6.92 Å². The highest BCUT2D eigenvalue weighted by atomic mass is 35.5. The number of carbonyl (C=O) groups is 3. The second kappa shape index (κ2) is 15.0. The quantitative estimate of drug-likeness (QED) is 0.289. The molecular formula is C28H36Cl2N2O7. The molecule has 1 aliphatic carbocycles. The molecule has 0 radical (unpaired) electrons. The number of hydrogen-bond donors (Lipinski definition) is 2. The summed E-state index contributed by atoms with van der Waals surface area (Å²) in [5, 5.41) is 3.44. The summed E-state index contributed by atoms with van der Waals surface area (Å²) in [6, 6.07) is 13.6. The van der Waals surface area contributed by atoms with Crippen LogP contribution in [0.25, 0.3) is 0 Å². The van der Waals surface area contributed by atoms with Crippen molar-refractivity contribution >= 4 is 42.0 Å². The van der Waals surface area contributed by atoms with Crippen LogP contribution in [-0.4, -0.2) is 48.6 Å². The summed E-state index contributed by atoms with van der Waals surface area (Å²) in [7, 11) is 0. The van der Waals surface area contributed by atoms with Crippen LogP contribution < -0.4 is 15.8 Å². The van der Waals surface area contributed by atoms with Crippen molar-refractivity contribution in [1.82, 2.24) is 5.32 Å². The van der Waals surface area contributed by atoms with Crippen molar-refractivity contribution in [1.29, 1.82) is 0 Å². The summed E-state index contributed by atoms with van der Waals surface area (Å²) in [6.45, 7) is 4.99. The molecule has 1 fully saturated rings. The third-order valence-corrected chi connectivity index (χ3v) is 6.38. The van der Waals surface area contributed by atoms with Crippen molar-refractivity contribution in [2.75, 3.05) is 6.54 Å². The van der Waals surface area contributed by atoms with Gasteiger partial charge in [0.25, 0.3) is 5.91 Å². The molecule has 1 saturated carbocycles. The van der Waals surface area contributed by atoms with E-state index < -0.39 is 30.1 Å². The Morgan fingerprint density at radius 1 is 1.03 bits per heavy atom. The molecule has 0 aromatic heterocycles. The highest BCUT2D eigenvalue weighted by molar-refractivity contribution is 6.30. The molecule has 0 heterocycles. The van der Waals surface area contributed by atoms with Crippen molar-refractivity contribution in [3.05, 3.63) is 64.7 Å². The molecule has 39 heavy (non-hydrogen) atoms. The smallest absolute Gasteiger partial charge is 0.476 e. The Labute approximate surface area is 240 Å². The SMILES string of the molecule is CC(OC(=O)O[C@@H]1CCCC[C@H]1N)OC(=O)C(C)(C)Oc1ccc(CCNC(=O)c2ccc(Cl)cc2)cc1.Cl. The highest BCUT2D eigenvalue weighted by Gasteiger charge is 2.34. The molecule has 11 heteroatoms. The summed E-state index contributed by atoms with van der Waals surface area (Å²) in [6.07, 6.45) is 1.53. The normalized spacial score (nSPS) is 17.7. The van der Waals surface area contributed by atoms with Gasteiger partial charge in [-0.15, -0.1) is 12.4 Å². The number of carbonyl (C=O) groups excluding carboxylic acids is 3. The van der Waals surface area contributed by atoms with E-state index in [1.807, 2.05) is 12.1 Å². The molecule has 3 N–H and O–H groups in total. The zero-order valence-electron chi connectivity index (χ0n) is 22.3. The lowest BCUT2D eigenvalue weighted by Gasteiger charge is -2.29. The maximum atomic E-state index is 12.7. The zero-order valence-corrected chi connectivity index (χ0v) is 23.9. The molecule has 9 nitrogen and oxygen atoms in total. The van der Waals surface area contributed by atoms with Gasteiger partial charge >= 0.3 is 12.1 Å². The fourth-order valence-electron chi connectivity index (χ4n) is 3.96. The standard InChI is InChI=1S/C28H35ClN2O7.ClH/c1-18(36-27(34)37-24-7-5-4-6-23(24)30)35-26(33)28(2,3)38-22-14-8-19(9-15-22)16-17-31-25(32)20-10-12-21(29)13-11-20;/h8-15,18,23-24H,4-7,16-17,30H2,1-3H3,(H,31,32);1H/t18?,23-,24-;/m1./s1. The first-order valence-corrected chi connectivity index (χ1v) is 13.1. The van der Waals surface area contributed by atoms with Gasteiger partial charge in [-0.2, -0.15) is 0 Å². The predicted molar refractivity (Wildman–Crippen MR) is 149 cm³/mol. The number of amides is 1. The first-order chi connectivity index (χ1) is 18.0. The van der Waals surface area contributed by atoms with Gasteiger partial charge in [0.1, 0.15) is 11.9 Å². The first-order valence-electron chi connectivity index (χ1n) is 12.7. The van der Waals surface area contributed by atoms with E-state index in [0.29, 0.717) is 35.7 Å². The fourth-order valence-corrected chi connectivity index (χ4v) is 4.09. The Morgan fingerprint density at radius 3 is 2.31 bits per heavy atom. The molecule has 1 amide bonds. The van der Waals surface area contributed by atoms with E-state index in [-0.39, 0.29) is 24.4 Å². The average molecular weight is 584 g/mol. The Bertz CT molecular complexity index is 1090. The Morgan fingerprint density at radius 2 is 1.67 bits per heavy atom. The topological polar surface area (TPSA) is 126 Å². The van der Waals surface area contributed by atoms with Crippen LogP contribution in [-0.2, 0) is 25.4 Å². The number of halogens is 2. The number of esters is 1. The van der Waals surface area contributed by atoms with E-state index in [1.54, 1.807) is 50.2 Å². The van der Waals surface area contributed by atoms with Crippen molar-refractivity contribution in [2.24, 2.45) is 5.73 Å². The van der Waals surface area contributed by atoms with E-state index in [9.17, 15) is 14.4 Å². The van der Waals surface area contributed by atoms with Crippen LogP contribution in [0.4, 0.5) is 4.79 Å². The maximum absolute atomic E-state index is 12.7. The summed E-state index contributed by atoms with van der Waals surface area (Å²) < 4.78 is 21.4. The Balaban J connectivity index is 0.00000533. The maximum Gasteiger partial charge on any atom is 0.511 e. The number of ether oxygens (including phenoxy) is 4. The number of nitrogens with two attached hydrogens (primary N) is 1. The molecule has 0 saturated heterocycles. The van der Waals surface area contributed by atoms with E-state index >= 15 is 0 Å². The van der Waals surface area contributed by atoms with Crippen molar-refractivity contribution in [2.45, 2.75) is 76.9 Å². The minimum atomic E-state index is -1.35. The Kier molecular flexibility index (Phi) is 12.3. The van der Waals surface area contributed by atoms with Crippen LogP contribution in [0.5, 0.6) is 5.75 Å². The first kappa shape index (κ1) is 32.2. The monoisotopic (exact) mass is 582 g/mol. The van der Waals surface area contributed by atoms with Gasteiger partial charge in [0.2, 0.25) is 6.29 Å². The van der Waals surface area contributed by atoms with E-state index in [0.717, 1.165) is 24.8 Å². The van der Waals surface area contributed by atoms with Crippen molar-refractivity contribution < 1.29 is 33.3 Å². The van der Waals surface area contributed by atoms with Crippen LogP contribution in [0, 0.1) is 0 Å². The van der Waals surface area contributed by atoms with Crippen LogP contribution in [0.1, 0.15) is 62.4 Å². The third-order valence-electron chi connectivity index (χ3n) is 6.13. The molecule has 1 aliphatic rings. The lowest BCUT2D eigenvalue weighted by molar-refractivity contribution is -0.184. The molecule has 3 atom stereocenters. The van der Waals surface area contributed by atoms with E-state index in [2.05, 4.69) is 5.32 Å². The lowest BCUT2D eigenvalue weighted by atomic mass is 9.93. The van der Waals surface area contributed by atoms with E-state index in [4.69, 9.17) is 36.3 Å². The van der Waals surface area contributed by atoms with Crippen molar-refractivity contribution in [3.8, 4) is 5.75 Å². The molecular weight excluding hydrogens is 547 g/mol. The summed E-state index contributed by atoms with van der Waals surface area (Å²) in [5.41, 5.74) is 6.16. The van der Waals surface area contributed by atoms with Gasteiger partial charge in [0, 0.05) is 30.1 Å². The third kappa shape index (κ3) is 10.2. The molecule has 0 aliphatic heterocycles. The molecule has 0 spiro atoms. The van der Waals surface area contributed by atoms with Crippen LogP contribution in [0.15, 0.2) is 48.5 Å². The second-order valence-corrected chi connectivity index (χ2v) is 10.2. The lowest BCUT2D eigenvalue weighted by Crippen LogP contribution is -2.43. The number of hydrogen-bond acceptors (Lipinski definition) is 8. The Hall–Kier alpha value is -3.01. The summed E-state index contributed by atoms with van der Waals surface area (Å²) >= 11 is 5.85. The molecule has 0 bridgehead atoms. The largest absolute Gasteiger partial charge is 0.511 e. The predicted octanol–water partition coefficient (Wildman–Crippen LogP) is 5.20. The van der Waals surface area contributed by atoms with Crippen LogP contribution in [0.3, 0.4) is 0 Å². The number of benzene rings is 2. The van der Waals surface area contributed by atoms with Crippen LogP contribution >= 0.6 is 24.0 Å². The van der Waals surface area contributed by atoms with Crippen LogP contribution in [0.2, 0.25) is 5.02 Å². The number of rotatable bonds is 10. The van der Waals surface area contributed by atoms with Gasteiger partial charge in [0.05, 0.1) is 0 Å². The number of nitrogens with one attached hydrogen (secondary N) is 1. The van der Waals surface area contributed by atoms with Gasteiger partial charge in [-0.3, -0.25) is 4.79 Å². The highest BCUT2D eigenvalue weighted by Crippen LogP contribution is 2.22. The van der Waals surface area contributed by atoms with Gasteiger partial charge in [-0.05, 0) is 81.5 Å². The van der Waals surface area contributed by atoms with Gasteiger partial charge in [-0.25, -0.2) is 9.59 Å². The van der Waals surface area contributed by atoms with Gasteiger partial charge in [-0.1, -0.05) is 30.2 Å². The minimum Gasteiger partial charge on any atom is -0.476 e. The molecule has 1 unspecified atom stereocenters. The van der Waals surface area contributed by atoms with Crippen molar-refractivity contribution in [3.63, 3.8) is 0 Å². The van der Waals surface area contributed by atoms with Gasteiger partial charge in [0.15, 0.2) is 5.60 Å². The minimum absolute atomic E-state index is 0. The zero-order chi connectivity index (χ0) is 27.7. The molecule has 3 rings (SSSR count).